The van der Waals surface area contributed by atoms with Crippen molar-refractivity contribution in [2.24, 2.45) is 0 Å². The predicted octanol–water partition coefficient (Wildman–Crippen LogP) is 3.22. The zero-order chi connectivity index (χ0) is 11.4. The Morgan fingerprint density at radius 3 is 2.88 bits per heavy atom. The van der Waals surface area contributed by atoms with E-state index in [0.717, 1.165) is 19.3 Å². The molecular formula is C13H13FN2. The van der Waals surface area contributed by atoms with Gasteiger partial charge in [0.15, 0.2) is 0 Å². The molecular weight excluding hydrogens is 203 g/mol. The van der Waals surface area contributed by atoms with Gasteiger partial charge in [-0.05, 0) is 37.5 Å². The highest BCUT2D eigenvalue weighted by atomic mass is 19.1. The van der Waals surface area contributed by atoms with E-state index in [1.54, 1.807) is 6.07 Å². The molecule has 0 fully saturated rings. The second-order valence-electron chi connectivity index (χ2n) is 3.97. The Labute approximate surface area is 94.4 Å². The van der Waals surface area contributed by atoms with E-state index in [1.165, 1.54) is 12.1 Å². The summed E-state index contributed by atoms with van der Waals surface area (Å²) in [6.45, 7) is 0. The molecule has 0 aliphatic heterocycles. The Morgan fingerprint density at radius 1 is 1.31 bits per heavy atom. The summed E-state index contributed by atoms with van der Waals surface area (Å²) < 4.78 is 13.2. The minimum absolute atomic E-state index is 0.346. The van der Waals surface area contributed by atoms with Gasteiger partial charge >= 0.3 is 0 Å². The number of nitrogens with one attached hydrogen (secondary N) is 1. The monoisotopic (exact) mass is 216 g/mol. The molecule has 1 atom stereocenters. The lowest BCUT2D eigenvalue weighted by Crippen LogP contribution is -2.20. The molecule has 1 aliphatic rings. The predicted molar refractivity (Wildman–Crippen MR) is 61.5 cm³/mol. The van der Waals surface area contributed by atoms with E-state index in [2.05, 4.69) is 17.5 Å². The summed E-state index contributed by atoms with van der Waals surface area (Å²) in [6.07, 6.45) is 7.35. The second-order valence-corrected chi connectivity index (χ2v) is 3.97. The van der Waals surface area contributed by atoms with E-state index < -0.39 is 0 Å². The first-order valence-corrected chi connectivity index (χ1v) is 5.40. The van der Waals surface area contributed by atoms with Gasteiger partial charge in [0.05, 0.1) is 11.6 Å². The molecule has 0 heterocycles. The van der Waals surface area contributed by atoms with Crippen LogP contribution in [0.15, 0.2) is 30.4 Å². The fraction of sp³-hybridized carbons (Fsp3) is 0.308. The van der Waals surface area contributed by atoms with Gasteiger partial charge in [0.25, 0.3) is 0 Å². The maximum atomic E-state index is 13.2. The number of anilines is 1. The first-order chi connectivity index (χ1) is 7.78. The van der Waals surface area contributed by atoms with Crippen LogP contribution in [0.1, 0.15) is 24.8 Å². The zero-order valence-electron chi connectivity index (χ0n) is 8.91. The summed E-state index contributed by atoms with van der Waals surface area (Å²) >= 11 is 0. The summed E-state index contributed by atoms with van der Waals surface area (Å²) in [7, 11) is 0. The quantitative estimate of drug-likeness (QED) is 0.770. The number of nitrogens with zero attached hydrogens (tertiary/aromatic N) is 1. The number of halogens is 1. The van der Waals surface area contributed by atoms with Crippen molar-refractivity contribution in [1.29, 1.82) is 5.26 Å². The van der Waals surface area contributed by atoms with Crippen LogP contribution in [-0.4, -0.2) is 6.04 Å². The molecule has 1 aromatic rings. The van der Waals surface area contributed by atoms with E-state index in [0.29, 0.717) is 17.3 Å². The van der Waals surface area contributed by atoms with Crippen molar-refractivity contribution >= 4 is 5.69 Å². The average molecular weight is 216 g/mol. The molecule has 1 aromatic carbocycles. The fourth-order valence-electron chi connectivity index (χ4n) is 1.90. The van der Waals surface area contributed by atoms with Crippen molar-refractivity contribution in [3.05, 3.63) is 41.7 Å². The highest BCUT2D eigenvalue weighted by molar-refractivity contribution is 5.50. The topological polar surface area (TPSA) is 35.8 Å². The van der Waals surface area contributed by atoms with Gasteiger partial charge in [-0.2, -0.15) is 5.26 Å². The van der Waals surface area contributed by atoms with Gasteiger partial charge in [0.1, 0.15) is 5.82 Å². The van der Waals surface area contributed by atoms with Crippen LogP contribution in [0, 0.1) is 17.1 Å². The molecule has 0 bridgehead atoms. The maximum absolute atomic E-state index is 13.2. The van der Waals surface area contributed by atoms with Crippen molar-refractivity contribution < 1.29 is 4.39 Å². The minimum atomic E-state index is -0.368. The van der Waals surface area contributed by atoms with Crippen molar-refractivity contribution in [2.45, 2.75) is 25.3 Å². The van der Waals surface area contributed by atoms with Gasteiger partial charge in [0, 0.05) is 11.7 Å². The largest absolute Gasteiger partial charge is 0.382 e. The van der Waals surface area contributed by atoms with Crippen LogP contribution in [0.25, 0.3) is 0 Å². The highest BCUT2D eigenvalue weighted by Crippen LogP contribution is 2.19. The number of nitriles is 1. The van der Waals surface area contributed by atoms with Crippen molar-refractivity contribution in [3.63, 3.8) is 0 Å². The van der Waals surface area contributed by atoms with Crippen LogP contribution >= 0.6 is 0 Å². The van der Waals surface area contributed by atoms with Gasteiger partial charge in [0.2, 0.25) is 0 Å². The Hall–Kier alpha value is -1.82. The Bertz CT molecular complexity index is 446. The molecule has 2 rings (SSSR count). The summed E-state index contributed by atoms with van der Waals surface area (Å²) in [4.78, 5) is 0. The van der Waals surface area contributed by atoms with Crippen LogP contribution in [-0.2, 0) is 0 Å². The van der Waals surface area contributed by atoms with Crippen LogP contribution in [0.3, 0.4) is 0 Å². The zero-order valence-corrected chi connectivity index (χ0v) is 8.91. The van der Waals surface area contributed by atoms with Gasteiger partial charge < -0.3 is 5.32 Å². The van der Waals surface area contributed by atoms with E-state index in [1.807, 2.05) is 6.07 Å². The van der Waals surface area contributed by atoms with Crippen LogP contribution in [0.2, 0.25) is 0 Å². The molecule has 3 heteroatoms. The number of rotatable bonds is 2. The molecule has 16 heavy (non-hydrogen) atoms. The molecule has 1 unspecified atom stereocenters. The van der Waals surface area contributed by atoms with Crippen LogP contribution in [0.4, 0.5) is 10.1 Å². The van der Waals surface area contributed by atoms with Crippen LogP contribution in [0.5, 0.6) is 0 Å². The van der Waals surface area contributed by atoms with Crippen LogP contribution < -0.4 is 5.32 Å². The molecule has 0 radical (unpaired) electrons. The SMILES string of the molecule is N#Cc1cc(F)cc(NC2CC=CCC2)c1. The summed E-state index contributed by atoms with van der Waals surface area (Å²) in [6, 6.07) is 6.65. The molecule has 0 aromatic heterocycles. The van der Waals surface area contributed by atoms with Gasteiger partial charge in [-0.3, -0.25) is 0 Å². The average Bonchev–Trinajstić information content (AvgIpc) is 2.29. The van der Waals surface area contributed by atoms with Gasteiger partial charge in [-0.1, -0.05) is 12.2 Å². The van der Waals surface area contributed by atoms with E-state index >= 15 is 0 Å². The van der Waals surface area contributed by atoms with Crippen molar-refractivity contribution in [1.82, 2.24) is 0 Å². The fourth-order valence-corrected chi connectivity index (χ4v) is 1.90. The Morgan fingerprint density at radius 2 is 2.19 bits per heavy atom. The van der Waals surface area contributed by atoms with Gasteiger partial charge in [-0.25, -0.2) is 4.39 Å². The lowest BCUT2D eigenvalue weighted by atomic mass is 10.0. The molecule has 1 N–H and O–H groups in total. The van der Waals surface area contributed by atoms with Gasteiger partial charge in [-0.15, -0.1) is 0 Å². The maximum Gasteiger partial charge on any atom is 0.126 e. The molecule has 0 amide bonds. The Kier molecular flexibility index (Phi) is 3.21. The standard InChI is InChI=1S/C13H13FN2/c14-11-6-10(9-15)7-13(8-11)16-12-4-2-1-3-5-12/h1-2,6-8,12,16H,3-5H2. The highest BCUT2D eigenvalue weighted by Gasteiger charge is 2.10. The number of allylic oxidation sites excluding steroid dienone is 1. The van der Waals surface area contributed by atoms with Crippen molar-refractivity contribution in [3.8, 4) is 6.07 Å². The van der Waals surface area contributed by atoms with Crippen molar-refractivity contribution in [2.75, 3.05) is 5.32 Å². The molecule has 82 valence electrons. The summed E-state index contributed by atoms with van der Waals surface area (Å²) in [5.74, 6) is -0.368. The summed E-state index contributed by atoms with van der Waals surface area (Å²) in [5.41, 5.74) is 1.05. The van der Waals surface area contributed by atoms with E-state index in [4.69, 9.17) is 5.26 Å². The molecule has 2 nitrogen and oxygen atoms in total. The number of benzene rings is 1. The van der Waals surface area contributed by atoms with E-state index in [9.17, 15) is 4.39 Å². The summed E-state index contributed by atoms with van der Waals surface area (Å²) in [5, 5.41) is 12.0. The lowest BCUT2D eigenvalue weighted by Gasteiger charge is -2.20. The molecule has 0 spiro atoms. The number of hydrogen-bond donors (Lipinski definition) is 1. The van der Waals surface area contributed by atoms with E-state index in [-0.39, 0.29) is 5.82 Å². The first kappa shape index (κ1) is 10.7. The Balaban J connectivity index is 2.12. The molecule has 0 saturated carbocycles. The third-order valence-electron chi connectivity index (χ3n) is 2.67. The third kappa shape index (κ3) is 2.60. The smallest absolute Gasteiger partial charge is 0.126 e. The minimum Gasteiger partial charge on any atom is -0.382 e. The lowest BCUT2D eigenvalue weighted by molar-refractivity contribution is 0.623. The normalized spacial score (nSPS) is 19.1. The molecule has 1 aliphatic carbocycles. The molecule has 0 saturated heterocycles. The second kappa shape index (κ2) is 4.80. The number of hydrogen-bond acceptors (Lipinski definition) is 2. The first-order valence-electron chi connectivity index (χ1n) is 5.40. The third-order valence-corrected chi connectivity index (χ3v) is 2.67.